The molecule has 24 heavy (non-hydrogen) atoms. The fraction of sp³-hybridized carbons (Fsp3) is 0.350. The van der Waals surface area contributed by atoms with Gasteiger partial charge in [-0.05, 0) is 66.1 Å². The molecule has 4 heteroatoms. The Kier molecular flexibility index (Phi) is 5.25. The molecule has 2 aromatic carbocycles. The highest BCUT2D eigenvalue weighted by Crippen LogP contribution is 2.25. The third-order valence-corrected chi connectivity index (χ3v) is 5.73. The lowest BCUT2D eigenvalue weighted by Gasteiger charge is -2.41. The highest BCUT2D eigenvalue weighted by Gasteiger charge is 2.30. The first kappa shape index (κ1) is 17.4. The summed E-state index contributed by atoms with van der Waals surface area (Å²) in [4.78, 5) is 14.9. The molecule has 0 aliphatic carbocycles. The van der Waals surface area contributed by atoms with Crippen LogP contribution in [0.2, 0.25) is 0 Å². The molecular weight excluding hydrogens is 411 g/mol. The van der Waals surface area contributed by atoms with Crippen molar-refractivity contribution in [1.29, 1.82) is 0 Å². The number of hydrogen-bond donors (Lipinski definition) is 1. The van der Waals surface area contributed by atoms with Gasteiger partial charge >= 0.3 is 0 Å². The minimum Gasteiger partial charge on any atom is -0.350 e. The van der Waals surface area contributed by atoms with Crippen LogP contribution in [0.4, 0.5) is 0 Å². The van der Waals surface area contributed by atoms with Gasteiger partial charge < -0.3 is 5.32 Å². The minimum atomic E-state index is -0.0800. The summed E-state index contributed by atoms with van der Waals surface area (Å²) in [5, 5.41) is 3.12. The van der Waals surface area contributed by atoms with Gasteiger partial charge in [-0.2, -0.15) is 0 Å². The van der Waals surface area contributed by atoms with E-state index in [1.54, 1.807) is 0 Å². The molecule has 0 saturated heterocycles. The average Bonchev–Trinajstić information content (AvgIpc) is 2.60. The second kappa shape index (κ2) is 7.23. The summed E-state index contributed by atoms with van der Waals surface area (Å²) in [6.07, 6.45) is 1.07. The molecule has 0 bridgehead atoms. The Morgan fingerprint density at radius 3 is 2.54 bits per heavy atom. The van der Waals surface area contributed by atoms with Gasteiger partial charge in [-0.15, -0.1) is 0 Å². The van der Waals surface area contributed by atoms with Crippen molar-refractivity contribution >= 4 is 28.5 Å². The number of nitrogens with zero attached hydrogens (tertiary/aromatic N) is 1. The topological polar surface area (TPSA) is 32.3 Å². The first-order valence-corrected chi connectivity index (χ1v) is 9.40. The summed E-state index contributed by atoms with van der Waals surface area (Å²) < 4.78 is 0.984. The van der Waals surface area contributed by atoms with Crippen LogP contribution >= 0.6 is 22.6 Å². The van der Waals surface area contributed by atoms with E-state index in [0.717, 1.165) is 28.6 Å². The third-order valence-electron chi connectivity index (χ3n) is 4.79. The van der Waals surface area contributed by atoms with Crippen LogP contribution in [0.15, 0.2) is 48.5 Å². The molecule has 0 unspecified atom stereocenters. The van der Waals surface area contributed by atoms with Gasteiger partial charge in [-0.1, -0.05) is 36.4 Å². The van der Waals surface area contributed by atoms with Crippen LogP contribution in [0.5, 0.6) is 0 Å². The predicted octanol–water partition coefficient (Wildman–Crippen LogP) is 3.86. The van der Waals surface area contributed by atoms with Gasteiger partial charge in [-0.25, -0.2) is 0 Å². The number of fused-ring (bicyclic) bond motifs is 1. The van der Waals surface area contributed by atoms with E-state index in [4.69, 9.17) is 0 Å². The van der Waals surface area contributed by atoms with Crippen molar-refractivity contribution in [2.75, 3.05) is 13.1 Å². The van der Waals surface area contributed by atoms with Crippen LogP contribution in [0.25, 0.3) is 0 Å². The van der Waals surface area contributed by atoms with Gasteiger partial charge in [0.05, 0.1) is 5.56 Å². The third kappa shape index (κ3) is 3.81. The molecule has 1 N–H and O–H groups in total. The van der Waals surface area contributed by atoms with Crippen molar-refractivity contribution in [2.24, 2.45) is 0 Å². The first-order valence-electron chi connectivity index (χ1n) is 8.32. The fourth-order valence-electron chi connectivity index (χ4n) is 3.16. The molecule has 0 spiro atoms. The molecular formula is C20H23IN2O. The quantitative estimate of drug-likeness (QED) is 0.742. The molecule has 1 aliphatic rings. The summed E-state index contributed by atoms with van der Waals surface area (Å²) in [5.41, 5.74) is 3.52. The SMILES string of the molecule is CC(C)(CNC(=O)c1ccccc1I)N1CCc2ccccc2C1. The van der Waals surface area contributed by atoms with Gasteiger partial charge in [0.1, 0.15) is 0 Å². The van der Waals surface area contributed by atoms with Gasteiger partial charge in [-0.3, -0.25) is 9.69 Å². The van der Waals surface area contributed by atoms with Crippen LogP contribution in [0.3, 0.4) is 0 Å². The molecule has 0 saturated carbocycles. The van der Waals surface area contributed by atoms with Crippen molar-refractivity contribution in [3.05, 3.63) is 68.8 Å². The van der Waals surface area contributed by atoms with E-state index < -0.39 is 0 Å². The van der Waals surface area contributed by atoms with E-state index >= 15 is 0 Å². The fourth-order valence-corrected chi connectivity index (χ4v) is 3.79. The van der Waals surface area contributed by atoms with Crippen molar-refractivity contribution in [3.63, 3.8) is 0 Å². The first-order chi connectivity index (χ1) is 11.5. The van der Waals surface area contributed by atoms with Crippen LogP contribution in [0.1, 0.15) is 35.3 Å². The largest absolute Gasteiger partial charge is 0.350 e. The Balaban J connectivity index is 1.64. The molecule has 1 amide bonds. The van der Waals surface area contributed by atoms with Gasteiger partial charge in [0.15, 0.2) is 0 Å². The monoisotopic (exact) mass is 434 g/mol. The van der Waals surface area contributed by atoms with Crippen molar-refractivity contribution in [3.8, 4) is 0 Å². The van der Waals surface area contributed by atoms with E-state index in [0.29, 0.717) is 6.54 Å². The molecule has 1 heterocycles. The Morgan fingerprint density at radius 2 is 1.79 bits per heavy atom. The number of benzene rings is 2. The molecule has 126 valence electrons. The Hall–Kier alpha value is -1.40. The van der Waals surface area contributed by atoms with E-state index in [1.807, 2.05) is 24.3 Å². The summed E-state index contributed by atoms with van der Waals surface area (Å²) in [6.45, 7) is 7.03. The van der Waals surface area contributed by atoms with Crippen LogP contribution in [0, 0.1) is 3.57 Å². The molecule has 0 atom stereocenters. The maximum atomic E-state index is 12.5. The zero-order chi connectivity index (χ0) is 17.2. The maximum absolute atomic E-state index is 12.5. The second-order valence-electron chi connectivity index (χ2n) is 6.92. The van der Waals surface area contributed by atoms with Crippen molar-refractivity contribution < 1.29 is 4.79 Å². The van der Waals surface area contributed by atoms with Crippen LogP contribution in [-0.2, 0) is 13.0 Å². The summed E-state index contributed by atoms with van der Waals surface area (Å²) in [5.74, 6) is 0.00508. The number of nitrogens with one attached hydrogen (secondary N) is 1. The Bertz CT molecular complexity index is 742. The van der Waals surface area contributed by atoms with E-state index in [-0.39, 0.29) is 11.4 Å². The predicted molar refractivity (Wildman–Crippen MR) is 106 cm³/mol. The molecule has 3 rings (SSSR count). The highest BCUT2D eigenvalue weighted by atomic mass is 127. The van der Waals surface area contributed by atoms with Crippen LogP contribution < -0.4 is 5.32 Å². The van der Waals surface area contributed by atoms with Crippen LogP contribution in [-0.4, -0.2) is 29.4 Å². The molecule has 1 aliphatic heterocycles. The lowest BCUT2D eigenvalue weighted by molar-refractivity contribution is 0.0825. The maximum Gasteiger partial charge on any atom is 0.252 e. The molecule has 0 fully saturated rings. The summed E-state index contributed by atoms with van der Waals surface area (Å²) in [6, 6.07) is 16.3. The van der Waals surface area contributed by atoms with E-state index in [9.17, 15) is 4.79 Å². The Morgan fingerprint density at radius 1 is 1.12 bits per heavy atom. The number of rotatable bonds is 4. The molecule has 0 aromatic heterocycles. The Labute approximate surface area is 157 Å². The lowest BCUT2D eigenvalue weighted by atomic mass is 9.94. The molecule has 0 radical (unpaired) electrons. The van der Waals surface area contributed by atoms with Gasteiger partial charge in [0.2, 0.25) is 0 Å². The minimum absolute atomic E-state index is 0.00508. The number of halogens is 1. The van der Waals surface area contributed by atoms with E-state index in [1.165, 1.54) is 11.1 Å². The number of carbonyl (C=O) groups is 1. The molecule has 3 nitrogen and oxygen atoms in total. The highest BCUT2D eigenvalue weighted by molar-refractivity contribution is 14.1. The van der Waals surface area contributed by atoms with E-state index in [2.05, 4.69) is 70.9 Å². The number of amides is 1. The van der Waals surface area contributed by atoms with Gasteiger partial charge in [0.25, 0.3) is 5.91 Å². The van der Waals surface area contributed by atoms with Gasteiger partial charge in [0, 0.05) is 28.7 Å². The normalized spacial score (nSPS) is 15.0. The second-order valence-corrected chi connectivity index (χ2v) is 8.08. The zero-order valence-corrected chi connectivity index (χ0v) is 16.3. The summed E-state index contributed by atoms with van der Waals surface area (Å²) in [7, 11) is 0. The standard InChI is InChI=1S/C20H23IN2O/c1-20(2,14-22-19(24)17-9-5-6-10-18(17)21)23-12-11-15-7-3-4-8-16(15)13-23/h3-10H,11-14H2,1-2H3,(H,22,24). The summed E-state index contributed by atoms with van der Waals surface area (Å²) >= 11 is 2.21. The molecule has 2 aromatic rings. The van der Waals surface area contributed by atoms with Crippen molar-refractivity contribution in [2.45, 2.75) is 32.4 Å². The lowest BCUT2D eigenvalue weighted by Crippen LogP contribution is -2.53. The number of carbonyl (C=O) groups excluding carboxylic acids is 1. The van der Waals surface area contributed by atoms with Crippen molar-refractivity contribution in [1.82, 2.24) is 10.2 Å². The smallest absolute Gasteiger partial charge is 0.252 e. The number of hydrogen-bond acceptors (Lipinski definition) is 2. The zero-order valence-electron chi connectivity index (χ0n) is 14.2. The average molecular weight is 434 g/mol.